The SMILES string of the molecule is ClC(Cl)(Cl)C(Cl)(Cl)C(Cl)(Cl)C(Cl)(Cl)C(Cl)(Cl)C(Cl)(Cl)CC1CO1. The molecule has 1 rings (SSSR count). The van der Waals surface area contributed by atoms with Crippen molar-refractivity contribution in [3.05, 3.63) is 0 Å². The molecule has 0 bridgehead atoms. The lowest BCUT2D eigenvalue weighted by molar-refractivity contribution is 0.372. The van der Waals surface area contributed by atoms with Crippen LogP contribution in [0.15, 0.2) is 0 Å². The van der Waals surface area contributed by atoms with Crippen LogP contribution >= 0.6 is 151 Å². The van der Waals surface area contributed by atoms with Crippen LogP contribution in [0.3, 0.4) is 0 Å². The minimum atomic E-state index is -2.64. The number of halogens is 13. The highest BCUT2D eigenvalue weighted by atomic mass is 35.6. The van der Waals surface area contributed by atoms with Crippen LogP contribution in [-0.4, -0.2) is 38.2 Å². The fourth-order valence-electron chi connectivity index (χ4n) is 1.40. The van der Waals surface area contributed by atoms with Crippen molar-refractivity contribution < 1.29 is 4.74 Å². The molecule has 0 amide bonds. The zero-order valence-corrected chi connectivity index (χ0v) is 20.1. The van der Waals surface area contributed by atoms with Crippen molar-refractivity contribution in [2.24, 2.45) is 0 Å². The smallest absolute Gasteiger partial charge is 0.226 e. The molecule has 0 spiro atoms. The van der Waals surface area contributed by atoms with Gasteiger partial charge in [0.25, 0.3) is 0 Å². The van der Waals surface area contributed by atoms with Gasteiger partial charge in [0.1, 0.15) is 0 Å². The molecule has 1 aliphatic rings. The lowest BCUT2D eigenvalue weighted by Crippen LogP contribution is -2.65. The molecule has 1 atom stereocenters. The first-order valence-electron chi connectivity index (χ1n) is 5.40. The van der Waals surface area contributed by atoms with E-state index < -0.39 is 25.5 Å². The topological polar surface area (TPSA) is 12.5 Å². The second-order valence-electron chi connectivity index (χ2n) is 4.66. The monoisotopic (exact) mass is 584 g/mol. The predicted molar refractivity (Wildman–Crippen MR) is 107 cm³/mol. The normalized spacial score (nSPS) is 21.5. The van der Waals surface area contributed by atoms with Crippen LogP contribution < -0.4 is 0 Å². The van der Waals surface area contributed by atoms with Crippen LogP contribution in [0.1, 0.15) is 6.42 Å². The Kier molecular flexibility index (Phi) is 8.10. The van der Waals surface area contributed by atoms with Crippen molar-refractivity contribution in [3.8, 4) is 0 Å². The molecule has 1 heterocycles. The zero-order chi connectivity index (χ0) is 18.7. The summed E-state index contributed by atoms with van der Waals surface area (Å²) in [6.45, 7) is 0.401. The van der Waals surface area contributed by atoms with Crippen LogP contribution in [0.4, 0.5) is 0 Å². The van der Waals surface area contributed by atoms with E-state index in [1.165, 1.54) is 0 Å². The minimum absolute atomic E-state index is 0.0422. The van der Waals surface area contributed by atoms with Crippen molar-refractivity contribution in [2.45, 2.75) is 38.0 Å². The maximum Gasteiger partial charge on any atom is 0.226 e. The molecule has 1 saturated heterocycles. The van der Waals surface area contributed by atoms with E-state index in [4.69, 9.17) is 156 Å². The Bertz CT molecular complexity index is 447. The van der Waals surface area contributed by atoms with Crippen molar-refractivity contribution in [1.29, 1.82) is 0 Å². The maximum atomic E-state index is 6.20. The van der Waals surface area contributed by atoms with Crippen molar-refractivity contribution in [3.63, 3.8) is 0 Å². The summed E-state index contributed by atoms with van der Waals surface area (Å²) >= 11 is 78.3. The van der Waals surface area contributed by atoms with E-state index in [9.17, 15) is 0 Å². The van der Waals surface area contributed by atoms with Crippen LogP contribution in [0.25, 0.3) is 0 Å². The van der Waals surface area contributed by atoms with E-state index in [1.807, 2.05) is 0 Å². The minimum Gasteiger partial charge on any atom is -0.373 e. The molecule has 138 valence electrons. The van der Waals surface area contributed by atoms with Gasteiger partial charge in [0, 0.05) is 6.42 Å². The van der Waals surface area contributed by atoms with E-state index in [1.54, 1.807) is 0 Å². The fraction of sp³-hybridized carbons (Fsp3) is 1.00. The number of ether oxygens (including phenoxy) is 1. The number of hydrogen-bond donors (Lipinski definition) is 0. The summed E-state index contributed by atoms with van der Waals surface area (Å²) in [5.74, 6) is 0. The Morgan fingerprint density at radius 2 is 0.957 bits per heavy atom. The van der Waals surface area contributed by atoms with Gasteiger partial charge in [-0.1, -0.05) is 151 Å². The van der Waals surface area contributed by atoms with Gasteiger partial charge < -0.3 is 4.74 Å². The van der Waals surface area contributed by atoms with E-state index >= 15 is 0 Å². The molecule has 0 aromatic rings. The Hall–Kier alpha value is 3.73. The van der Waals surface area contributed by atoms with Gasteiger partial charge in [0.15, 0.2) is 17.3 Å². The Morgan fingerprint density at radius 3 is 1.26 bits per heavy atom. The first kappa shape index (κ1) is 24.8. The average Bonchev–Trinajstić information content (AvgIpc) is 3.09. The molecule has 0 aromatic carbocycles. The number of hydrogen-bond acceptors (Lipinski definition) is 1. The molecule has 14 heteroatoms. The van der Waals surface area contributed by atoms with Crippen LogP contribution in [0.5, 0.6) is 0 Å². The van der Waals surface area contributed by atoms with E-state index in [0.717, 1.165) is 0 Å². The molecule has 0 radical (unpaired) electrons. The second kappa shape index (κ2) is 7.52. The third-order valence-electron chi connectivity index (χ3n) is 2.88. The van der Waals surface area contributed by atoms with Gasteiger partial charge in [0.05, 0.1) is 12.7 Å². The highest BCUT2D eigenvalue weighted by Crippen LogP contribution is 2.69. The fourth-order valence-corrected chi connectivity index (χ4v) is 5.22. The second-order valence-corrected chi connectivity index (χ2v) is 13.7. The third-order valence-corrected chi connectivity index (χ3v) is 11.4. The molecule has 0 saturated carbocycles. The highest BCUT2D eigenvalue weighted by molar-refractivity contribution is 6.82. The van der Waals surface area contributed by atoms with Crippen molar-refractivity contribution in [1.82, 2.24) is 0 Å². The zero-order valence-electron chi connectivity index (χ0n) is 10.3. The average molecular weight is 590 g/mol. The summed E-state index contributed by atoms with van der Waals surface area (Å²) in [6, 6.07) is 0. The molecule has 1 unspecified atom stereocenters. The number of epoxide rings is 1. The Labute approximate surface area is 198 Å². The summed E-state index contributed by atoms with van der Waals surface area (Å²) in [4.78, 5) is 0. The first-order valence-corrected chi connectivity index (χ1v) is 10.3. The summed E-state index contributed by atoms with van der Waals surface area (Å²) in [5, 5.41) is 0. The van der Waals surface area contributed by atoms with Gasteiger partial charge in [-0.25, -0.2) is 0 Å². The predicted octanol–water partition coefficient (Wildman–Crippen LogP) is 8.02. The largest absolute Gasteiger partial charge is 0.373 e. The van der Waals surface area contributed by atoms with Crippen LogP contribution in [0, 0.1) is 0 Å². The molecule has 1 fully saturated rings. The van der Waals surface area contributed by atoms with Crippen LogP contribution in [0.2, 0.25) is 0 Å². The highest BCUT2D eigenvalue weighted by Gasteiger charge is 2.76. The standard InChI is InChI=1S/C9H5Cl13O/c10-4(11,1-3-2-23-3)5(12,13)6(14,15)7(16,17)8(18,19)9(20,21)22/h3H,1-2H2. The summed E-state index contributed by atoms with van der Waals surface area (Å²) in [7, 11) is 0. The molecule has 1 nitrogen and oxygen atoms in total. The molecule has 0 N–H and O–H groups in total. The lowest BCUT2D eigenvalue weighted by Gasteiger charge is -2.50. The number of alkyl halides is 13. The summed E-state index contributed by atoms with van der Waals surface area (Å²) in [5.41, 5.74) is 0. The molecule has 1 aliphatic heterocycles. The Morgan fingerprint density at radius 1 is 0.609 bits per heavy atom. The first-order chi connectivity index (χ1) is 9.83. The number of rotatable bonds is 6. The van der Waals surface area contributed by atoms with E-state index in [0.29, 0.717) is 6.61 Å². The molecular weight excluding hydrogens is 585 g/mol. The molecule has 0 aliphatic carbocycles. The van der Waals surface area contributed by atoms with Gasteiger partial charge in [-0.15, -0.1) is 0 Å². The quantitative estimate of drug-likeness (QED) is 0.226. The maximum absolute atomic E-state index is 6.20. The van der Waals surface area contributed by atoms with Gasteiger partial charge in [0.2, 0.25) is 8.13 Å². The van der Waals surface area contributed by atoms with Gasteiger partial charge in [-0.3, -0.25) is 0 Å². The Balaban J connectivity index is 3.30. The van der Waals surface area contributed by atoms with E-state index in [2.05, 4.69) is 0 Å². The van der Waals surface area contributed by atoms with E-state index in [-0.39, 0.29) is 12.5 Å². The summed E-state index contributed by atoms with van der Waals surface area (Å²) < 4.78 is -9.60. The van der Waals surface area contributed by atoms with Crippen molar-refractivity contribution in [2.75, 3.05) is 6.61 Å². The molecule has 23 heavy (non-hydrogen) atoms. The van der Waals surface area contributed by atoms with Gasteiger partial charge >= 0.3 is 0 Å². The van der Waals surface area contributed by atoms with Crippen LogP contribution in [-0.2, 0) is 4.74 Å². The molecule has 0 aromatic heterocycles. The van der Waals surface area contributed by atoms with Crippen molar-refractivity contribution >= 4 is 151 Å². The molecular formula is C9H5Cl13O. The van der Waals surface area contributed by atoms with Gasteiger partial charge in [-0.05, 0) is 0 Å². The summed E-state index contributed by atoms with van der Waals surface area (Å²) in [6.07, 6.45) is -0.338. The third kappa shape index (κ3) is 4.50. The lowest BCUT2D eigenvalue weighted by atomic mass is 10.0. The van der Waals surface area contributed by atoms with Gasteiger partial charge in [-0.2, -0.15) is 0 Å².